The lowest BCUT2D eigenvalue weighted by molar-refractivity contribution is -0.155. The largest absolute Gasteiger partial charge is 0.404 e. The first-order valence-electron chi connectivity index (χ1n) is 5.54. The van der Waals surface area contributed by atoms with Gasteiger partial charge in [-0.3, -0.25) is 0 Å². The van der Waals surface area contributed by atoms with Gasteiger partial charge in [0.25, 0.3) is 0 Å². The fourth-order valence-corrected chi connectivity index (χ4v) is 1.58. The Hall–Kier alpha value is -1.11. The Morgan fingerprint density at radius 2 is 2.06 bits per heavy atom. The second-order valence-electron chi connectivity index (χ2n) is 4.07. The van der Waals surface area contributed by atoms with Crippen LogP contribution in [0.1, 0.15) is 32.6 Å². The normalized spacial score (nSPS) is 14.3. The summed E-state index contributed by atoms with van der Waals surface area (Å²) in [4.78, 5) is 3.88. The molecule has 0 aromatic carbocycles. The van der Waals surface area contributed by atoms with Gasteiger partial charge in [-0.2, -0.15) is 18.3 Å². The predicted molar refractivity (Wildman–Crippen MR) is 57.6 cm³/mol. The highest BCUT2D eigenvalue weighted by atomic mass is 19.4. The van der Waals surface area contributed by atoms with E-state index in [1.54, 1.807) is 6.92 Å². The number of nitrogens with one attached hydrogen (secondary N) is 1. The molecule has 1 rings (SSSR count). The molecule has 0 aliphatic carbocycles. The van der Waals surface area contributed by atoms with Crippen LogP contribution in [0.2, 0.25) is 0 Å². The lowest BCUT2D eigenvalue weighted by Gasteiger charge is -2.21. The van der Waals surface area contributed by atoms with Crippen molar-refractivity contribution in [1.82, 2.24) is 20.1 Å². The molecule has 0 radical (unpaired) electrons. The summed E-state index contributed by atoms with van der Waals surface area (Å²) < 4.78 is 39.6. The van der Waals surface area contributed by atoms with Gasteiger partial charge in [-0.1, -0.05) is 6.92 Å². The van der Waals surface area contributed by atoms with E-state index < -0.39 is 12.2 Å². The van der Waals surface area contributed by atoms with Crippen LogP contribution >= 0.6 is 0 Å². The number of hydrogen-bond donors (Lipinski definition) is 1. The van der Waals surface area contributed by atoms with E-state index in [1.807, 2.05) is 13.8 Å². The van der Waals surface area contributed by atoms with E-state index >= 15 is 0 Å². The summed E-state index contributed by atoms with van der Waals surface area (Å²) in [5, 5.41) is 6.34. The van der Waals surface area contributed by atoms with Crippen molar-refractivity contribution in [1.29, 1.82) is 0 Å². The summed E-state index contributed by atoms with van der Waals surface area (Å²) in [6.45, 7) is 5.62. The number of hydrogen-bond acceptors (Lipinski definition) is 3. The van der Waals surface area contributed by atoms with E-state index in [-0.39, 0.29) is 19.0 Å². The van der Waals surface area contributed by atoms with E-state index in [1.165, 1.54) is 11.0 Å². The minimum absolute atomic E-state index is 0.00279. The van der Waals surface area contributed by atoms with E-state index in [9.17, 15) is 13.2 Å². The average Bonchev–Trinajstić information content (AvgIpc) is 2.63. The van der Waals surface area contributed by atoms with Crippen molar-refractivity contribution in [3.05, 3.63) is 12.2 Å². The van der Waals surface area contributed by atoms with Crippen LogP contribution in [0.25, 0.3) is 0 Å². The minimum Gasteiger partial charge on any atom is -0.306 e. The van der Waals surface area contributed by atoms with Crippen molar-refractivity contribution >= 4 is 0 Å². The first-order chi connectivity index (χ1) is 7.86. The van der Waals surface area contributed by atoms with Crippen molar-refractivity contribution in [2.24, 2.45) is 0 Å². The van der Waals surface area contributed by atoms with Crippen molar-refractivity contribution < 1.29 is 13.2 Å². The molecule has 1 aromatic heterocycles. The molecule has 17 heavy (non-hydrogen) atoms. The van der Waals surface area contributed by atoms with Gasteiger partial charge in [-0.05, 0) is 20.4 Å². The highest BCUT2D eigenvalue weighted by Gasteiger charge is 2.39. The molecule has 0 saturated heterocycles. The molecular weight excluding hydrogens is 233 g/mol. The third-order valence-electron chi connectivity index (χ3n) is 2.37. The third kappa shape index (κ3) is 3.69. The number of alkyl halides is 3. The quantitative estimate of drug-likeness (QED) is 0.868. The molecule has 7 heteroatoms. The van der Waals surface area contributed by atoms with Gasteiger partial charge in [-0.15, -0.1) is 0 Å². The Balaban J connectivity index is 2.82. The van der Waals surface area contributed by atoms with E-state index in [4.69, 9.17) is 0 Å². The molecule has 1 N–H and O–H groups in total. The molecule has 0 amide bonds. The Labute approximate surface area is 98.2 Å². The zero-order chi connectivity index (χ0) is 13.1. The highest BCUT2D eigenvalue weighted by molar-refractivity contribution is 4.93. The number of aromatic nitrogens is 3. The summed E-state index contributed by atoms with van der Waals surface area (Å²) in [6, 6.07) is -1.57. The first kappa shape index (κ1) is 14.0. The molecule has 1 aromatic rings. The van der Waals surface area contributed by atoms with E-state index in [2.05, 4.69) is 15.4 Å². The molecule has 1 unspecified atom stereocenters. The molecule has 0 bridgehead atoms. The summed E-state index contributed by atoms with van der Waals surface area (Å²) in [5.41, 5.74) is 0. The second kappa shape index (κ2) is 5.48. The summed E-state index contributed by atoms with van der Waals surface area (Å²) >= 11 is 0. The lowest BCUT2D eigenvalue weighted by atomic mass is 10.2. The summed E-state index contributed by atoms with van der Waals surface area (Å²) in [5.74, 6) is 0.350. The van der Waals surface area contributed by atoms with E-state index in [0.29, 0.717) is 5.82 Å². The molecule has 98 valence electrons. The van der Waals surface area contributed by atoms with Gasteiger partial charge in [0.2, 0.25) is 0 Å². The number of halogens is 3. The van der Waals surface area contributed by atoms with Gasteiger partial charge < -0.3 is 5.32 Å². The highest BCUT2D eigenvalue weighted by Crippen LogP contribution is 2.23. The second-order valence-corrected chi connectivity index (χ2v) is 4.07. The van der Waals surface area contributed by atoms with Crippen LogP contribution in [-0.4, -0.2) is 33.5 Å². The van der Waals surface area contributed by atoms with Crippen molar-refractivity contribution in [3.8, 4) is 0 Å². The SMILES string of the molecule is CCNC(Cc1ncnn1C(C)C)C(F)(F)F. The third-order valence-corrected chi connectivity index (χ3v) is 2.37. The predicted octanol–water partition coefficient (Wildman–Crippen LogP) is 1.94. The summed E-state index contributed by atoms with van der Waals surface area (Å²) in [6.07, 6.45) is -3.19. The minimum atomic E-state index is -4.27. The fourth-order valence-electron chi connectivity index (χ4n) is 1.58. The Bertz CT molecular complexity index is 346. The molecule has 4 nitrogen and oxygen atoms in total. The number of rotatable bonds is 5. The van der Waals surface area contributed by atoms with Crippen LogP contribution < -0.4 is 5.32 Å². The van der Waals surface area contributed by atoms with E-state index in [0.717, 1.165) is 0 Å². The van der Waals surface area contributed by atoms with Gasteiger partial charge in [0.05, 0.1) is 0 Å². The molecule has 0 aliphatic rings. The topological polar surface area (TPSA) is 42.7 Å². The van der Waals surface area contributed by atoms with Crippen LogP contribution in [0.15, 0.2) is 6.33 Å². The molecule has 0 aliphatic heterocycles. The monoisotopic (exact) mass is 250 g/mol. The van der Waals surface area contributed by atoms with Crippen LogP contribution in [0.3, 0.4) is 0 Å². The van der Waals surface area contributed by atoms with Gasteiger partial charge in [0.15, 0.2) is 0 Å². The fraction of sp³-hybridized carbons (Fsp3) is 0.800. The van der Waals surface area contributed by atoms with Crippen LogP contribution in [0.4, 0.5) is 13.2 Å². The van der Waals surface area contributed by atoms with Gasteiger partial charge >= 0.3 is 6.18 Å². The molecule has 0 spiro atoms. The maximum atomic E-state index is 12.7. The van der Waals surface area contributed by atoms with Gasteiger partial charge in [0, 0.05) is 12.5 Å². The molecule has 0 saturated carbocycles. The number of likely N-dealkylation sites (N-methyl/N-ethyl adjacent to an activating group) is 1. The van der Waals surface area contributed by atoms with Crippen LogP contribution in [0, 0.1) is 0 Å². The Morgan fingerprint density at radius 3 is 2.53 bits per heavy atom. The molecule has 1 atom stereocenters. The van der Waals surface area contributed by atoms with Gasteiger partial charge in [0.1, 0.15) is 18.2 Å². The molecule has 1 heterocycles. The zero-order valence-corrected chi connectivity index (χ0v) is 10.1. The average molecular weight is 250 g/mol. The molecule has 0 fully saturated rings. The summed E-state index contributed by atoms with van der Waals surface area (Å²) in [7, 11) is 0. The van der Waals surface area contributed by atoms with Crippen molar-refractivity contribution in [2.75, 3.05) is 6.54 Å². The van der Waals surface area contributed by atoms with Crippen LogP contribution in [-0.2, 0) is 6.42 Å². The Morgan fingerprint density at radius 1 is 1.41 bits per heavy atom. The lowest BCUT2D eigenvalue weighted by Crippen LogP contribution is -2.44. The first-order valence-corrected chi connectivity index (χ1v) is 5.54. The molecular formula is C10H17F3N4. The standard InChI is InChI=1S/C10H17F3N4/c1-4-14-8(10(11,12)13)5-9-15-6-16-17(9)7(2)3/h6-8,14H,4-5H2,1-3H3. The Kier molecular flexibility index (Phi) is 4.50. The maximum Gasteiger partial charge on any atom is 0.404 e. The maximum absolute atomic E-state index is 12.7. The van der Waals surface area contributed by atoms with Crippen molar-refractivity contribution in [2.45, 2.75) is 45.5 Å². The van der Waals surface area contributed by atoms with Crippen LogP contribution in [0.5, 0.6) is 0 Å². The zero-order valence-electron chi connectivity index (χ0n) is 10.1. The number of nitrogens with zero attached hydrogens (tertiary/aromatic N) is 3. The van der Waals surface area contributed by atoms with Crippen molar-refractivity contribution in [3.63, 3.8) is 0 Å². The smallest absolute Gasteiger partial charge is 0.306 e. The van der Waals surface area contributed by atoms with Gasteiger partial charge in [-0.25, -0.2) is 9.67 Å².